The lowest BCUT2D eigenvalue weighted by Crippen LogP contribution is -2.23. The first-order chi connectivity index (χ1) is 49.5. The summed E-state index contributed by atoms with van der Waals surface area (Å²) >= 11 is 0. The maximum absolute atomic E-state index is 12.2. The zero-order chi connectivity index (χ0) is 78.5. The van der Waals surface area contributed by atoms with Gasteiger partial charge in [0.15, 0.2) is 0 Å². The molecule has 0 fully saturated rings. The van der Waals surface area contributed by atoms with Crippen LogP contribution in [0, 0.1) is 18.8 Å². The summed E-state index contributed by atoms with van der Waals surface area (Å²) < 4.78 is 63.9. The van der Waals surface area contributed by atoms with Crippen molar-refractivity contribution in [3.63, 3.8) is 0 Å². The van der Waals surface area contributed by atoms with Crippen LogP contribution in [0.4, 0.5) is 0 Å². The van der Waals surface area contributed by atoms with Crippen molar-refractivity contribution in [2.45, 2.75) is 178 Å². The Morgan fingerprint density at radius 3 is 0.848 bits per heavy atom. The number of esters is 4. The summed E-state index contributed by atoms with van der Waals surface area (Å²) in [5.74, 6) is 3.82. The number of methoxy groups -OCH3 is 4. The van der Waals surface area contributed by atoms with Crippen molar-refractivity contribution >= 4 is 35.4 Å². The molecule has 0 aliphatic rings. The normalized spacial score (nSPS) is 12.2. The molecule has 0 bridgehead atoms. The largest absolute Gasteiger partial charge is 0.493 e. The van der Waals surface area contributed by atoms with Crippen molar-refractivity contribution in [1.82, 2.24) is 0 Å². The molecular weight excluding hydrogens is 1330 g/mol. The molecule has 4 unspecified atom stereocenters. The summed E-state index contributed by atoms with van der Waals surface area (Å²) in [5, 5.41) is 0. The van der Waals surface area contributed by atoms with Crippen LogP contribution in [0.3, 0.4) is 0 Å². The van der Waals surface area contributed by atoms with Gasteiger partial charge < -0.3 is 56.8 Å². The minimum atomic E-state index is -0.512. The topological polar surface area (TPSA) is 213 Å². The van der Waals surface area contributed by atoms with Crippen molar-refractivity contribution in [3.8, 4) is 34.5 Å². The van der Waals surface area contributed by atoms with Crippen molar-refractivity contribution in [1.29, 1.82) is 0 Å². The minimum absolute atomic E-state index is 0.0857. The van der Waals surface area contributed by atoms with E-state index in [2.05, 4.69) is 158 Å². The maximum Gasteiger partial charge on any atom is 0.338 e. The van der Waals surface area contributed by atoms with Gasteiger partial charge in [-0.25, -0.2) is 9.59 Å². The third-order valence-corrected chi connectivity index (χ3v) is 16.2. The molecule has 18 heteroatoms. The molecule has 0 saturated carbocycles. The lowest BCUT2D eigenvalue weighted by Gasteiger charge is -2.26. The van der Waals surface area contributed by atoms with Crippen LogP contribution >= 0.6 is 0 Å². The molecule has 18 nitrogen and oxygen atoms in total. The molecule has 0 N–H and O–H groups in total. The summed E-state index contributed by atoms with van der Waals surface area (Å²) in [7, 11) is 5.95. The molecule has 7 rings (SSSR count). The lowest BCUT2D eigenvalue weighted by molar-refractivity contribution is -0.151. The van der Waals surface area contributed by atoms with Crippen molar-refractivity contribution < 1.29 is 85.6 Å². The summed E-state index contributed by atoms with van der Waals surface area (Å²) in [6.07, 6.45) is -0.922. The van der Waals surface area contributed by atoms with E-state index in [1.165, 1.54) is 80.1 Å². The van der Waals surface area contributed by atoms with Gasteiger partial charge in [-0.05, 0) is 191 Å². The molecule has 0 aliphatic carbocycles. The van der Waals surface area contributed by atoms with Gasteiger partial charge in [0.05, 0.1) is 50.8 Å². The average molecular weight is 1450 g/mol. The minimum Gasteiger partial charge on any atom is -0.493 e. The summed E-state index contributed by atoms with van der Waals surface area (Å²) in [6, 6.07) is 55.1. The van der Waals surface area contributed by atoms with Crippen molar-refractivity contribution in [2.24, 2.45) is 11.8 Å². The Bertz CT molecular complexity index is 3540. The second-order valence-electron chi connectivity index (χ2n) is 28.6. The molecule has 572 valence electrons. The molecular formula is C87H116O18. The highest BCUT2D eigenvalue weighted by Gasteiger charge is 2.25. The Morgan fingerprint density at radius 2 is 0.581 bits per heavy atom. The number of hydrogen-bond donors (Lipinski definition) is 0. The number of carbonyl (C=O) groups excluding carboxylic acids is 6. The molecule has 0 radical (unpaired) electrons. The zero-order valence-corrected chi connectivity index (χ0v) is 66.1. The van der Waals surface area contributed by atoms with E-state index in [0.717, 1.165) is 53.3 Å². The lowest BCUT2D eigenvalue weighted by atomic mass is 9.78. The van der Waals surface area contributed by atoms with Crippen LogP contribution in [0.15, 0.2) is 170 Å². The molecule has 4 atom stereocenters. The Balaban J connectivity index is 0.000000354. The van der Waals surface area contributed by atoms with E-state index in [-0.39, 0.29) is 72.2 Å². The van der Waals surface area contributed by atoms with E-state index in [4.69, 9.17) is 47.4 Å². The van der Waals surface area contributed by atoms with Gasteiger partial charge in [-0.15, -0.1) is 0 Å². The third kappa shape index (κ3) is 34.8. The summed E-state index contributed by atoms with van der Waals surface area (Å²) in [6.45, 7) is 39.3. The highest BCUT2D eigenvalue weighted by molar-refractivity contribution is 5.95. The molecule has 0 amide bonds. The van der Waals surface area contributed by atoms with E-state index in [0.29, 0.717) is 36.2 Å². The highest BCUT2D eigenvalue weighted by Crippen LogP contribution is 2.35. The molecule has 105 heavy (non-hydrogen) atoms. The van der Waals surface area contributed by atoms with Gasteiger partial charge in [0.1, 0.15) is 97.5 Å². The fourth-order valence-electron chi connectivity index (χ4n) is 9.33. The highest BCUT2D eigenvalue weighted by atomic mass is 16.6. The number of ether oxygens (including phenoxy) is 12. The molecule has 7 aromatic carbocycles. The predicted molar refractivity (Wildman–Crippen MR) is 413 cm³/mol. The molecule has 0 aliphatic heterocycles. The van der Waals surface area contributed by atoms with Gasteiger partial charge in [-0.2, -0.15) is 0 Å². The van der Waals surface area contributed by atoms with E-state index in [1.54, 1.807) is 28.1 Å². The Morgan fingerprint density at radius 1 is 0.314 bits per heavy atom. The first-order valence-electron chi connectivity index (χ1n) is 35.6. The van der Waals surface area contributed by atoms with Crippen LogP contribution in [-0.2, 0) is 63.8 Å². The van der Waals surface area contributed by atoms with E-state index < -0.39 is 30.0 Å². The summed E-state index contributed by atoms with van der Waals surface area (Å²) in [4.78, 5) is 65.8. The van der Waals surface area contributed by atoms with Crippen LogP contribution in [0.25, 0.3) is 0 Å². The standard InChI is InChI=1S/2C23H32O3.C22H26O5.C14H18O4.C5H8O3/c2*1-17(2)15-25-21-11-7-19(8-12-21)23(4,5)20-9-13-22(14-10-20)26-16-18(3)24-6;1-15(14-26-19-12-10-18(11-13-19)22(2,3)4)27-21(24)17-8-6-16(7-9-17)20(23)25-5;1-10-4-6-13(7-5-10)17-9-12(3)18-14(16)8-11(2)15;1-4(6)3-5(7)8-2/h2*7-14,17-18H,15-16H2,1-6H3;6-13,15H,14H2,1-5H3;4-7,12H,8-9H2,1-3H3;3H2,1-2H3. The van der Waals surface area contributed by atoms with Crippen molar-refractivity contribution in [2.75, 3.05) is 68.1 Å². The molecule has 0 saturated heterocycles. The number of aryl methyl sites for hydroxylation is 1. The second-order valence-corrected chi connectivity index (χ2v) is 28.6. The Kier molecular flexibility index (Phi) is 39.0. The SMILES string of the molecule is CC(=O)CC(=O)OC(C)COc1ccc(C)cc1.COC(=O)CC(C)=O.COC(=O)c1ccc(C(=O)OC(C)COc2ccc(C(C)(C)C)cc2)cc1.COC(C)COc1ccc(C(C)(C)c2ccc(OCC(C)C)cc2)cc1.COC(C)COc1ccc(C(C)(C)c2ccc(OCC(C)C)cc2)cc1. The van der Waals surface area contributed by atoms with Crippen LogP contribution in [0.2, 0.25) is 0 Å². The van der Waals surface area contributed by atoms with Gasteiger partial charge in [-0.3, -0.25) is 19.2 Å². The van der Waals surface area contributed by atoms with Crippen LogP contribution in [0.5, 0.6) is 34.5 Å². The third-order valence-electron chi connectivity index (χ3n) is 16.2. The van der Waals surface area contributed by atoms with E-state index in [1.807, 2.05) is 93.6 Å². The maximum atomic E-state index is 12.2. The van der Waals surface area contributed by atoms with E-state index in [9.17, 15) is 28.8 Å². The molecule has 0 aromatic heterocycles. The quantitative estimate of drug-likeness (QED) is 0.0218. The average Bonchev–Trinajstić information content (AvgIpc) is 0.809. The Labute approximate surface area is 625 Å². The second kappa shape index (κ2) is 45.7. The molecule has 0 spiro atoms. The van der Waals surface area contributed by atoms with Crippen LogP contribution in [0.1, 0.15) is 185 Å². The smallest absolute Gasteiger partial charge is 0.338 e. The van der Waals surface area contributed by atoms with Crippen LogP contribution < -0.4 is 28.4 Å². The predicted octanol–water partition coefficient (Wildman–Crippen LogP) is 17.7. The molecule has 0 heterocycles. The first-order valence-corrected chi connectivity index (χ1v) is 35.6. The van der Waals surface area contributed by atoms with Gasteiger partial charge in [-0.1, -0.05) is 155 Å². The van der Waals surface area contributed by atoms with Crippen molar-refractivity contribution in [3.05, 3.63) is 214 Å². The summed E-state index contributed by atoms with van der Waals surface area (Å²) in [5.41, 5.74) is 8.06. The number of ketones is 2. The fourth-order valence-corrected chi connectivity index (χ4v) is 9.33. The van der Waals surface area contributed by atoms with Crippen LogP contribution in [-0.4, -0.2) is 128 Å². The van der Waals surface area contributed by atoms with Gasteiger partial charge >= 0.3 is 23.9 Å². The van der Waals surface area contributed by atoms with Gasteiger partial charge in [0, 0.05) is 25.0 Å². The Hall–Kier alpha value is -9.52. The number of rotatable bonds is 32. The fraction of sp³-hybridized carbons (Fsp3) is 0.448. The van der Waals surface area contributed by atoms with Gasteiger partial charge in [0.25, 0.3) is 0 Å². The van der Waals surface area contributed by atoms with E-state index >= 15 is 0 Å². The molecule has 7 aromatic rings. The number of hydrogen-bond acceptors (Lipinski definition) is 18. The zero-order valence-electron chi connectivity index (χ0n) is 66.1. The van der Waals surface area contributed by atoms with Gasteiger partial charge in [0.2, 0.25) is 0 Å². The monoisotopic (exact) mass is 1450 g/mol. The number of carbonyl (C=O) groups is 6. The number of Topliss-reactive ketones (excluding diaryl/α,β-unsaturated/α-hetero) is 2. The number of benzene rings is 7. The first kappa shape index (κ1) is 89.7.